The van der Waals surface area contributed by atoms with Gasteiger partial charge in [-0.05, 0) is 32.5 Å². The Morgan fingerprint density at radius 1 is 1.58 bits per heavy atom. The van der Waals surface area contributed by atoms with Crippen LogP contribution in [0.15, 0.2) is 22.8 Å². The number of hydrogen-bond donors (Lipinski definition) is 1. The summed E-state index contributed by atoms with van der Waals surface area (Å²) in [7, 11) is 0. The zero-order chi connectivity index (χ0) is 14.3. The molecule has 0 bridgehead atoms. The first kappa shape index (κ1) is 15.3. The van der Waals surface area contributed by atoms with E-state index in [0.717, 1.165) is 12.3 Å². The Labute approximate surface area is 114 Å². The van der Waals surface area contributed by atoms with Crippen LogP contribution in [-0.2, 0) is 11.3 Å². The van der Waals surface area contributed by atoms with Gasteiger partial charge in [0.05, 0.1) is 30.8 Å². The molecule has 1 N–H and O–H groups in total. The summed E-state index contributed by atoms with van der Waals surface area (Å²) in [6.45, 7) is 7.42. The molecule has 1 aromatic heterocycles. The Morgan fingerprint density at radius 2 is 2.32 bits per heavy atom. The van der Waals surface area contributed by atoms with Crippen molar-refractivity contribution in [1.29, 1.82) is 5.26 Å². The van der Waals surface area contributed by atoms with E-state index in [9.17, 15) is 4.79 Å². The van der Waals surface area contributed by atoms with Gasteiger partial charge in [-0.3, -0.25) is 9.69 Å². The van der Waals surface area contributed by atoms with Crippen molar-refractivity contribution in [3.05, 3.63) is 24.2 Å². The van der Waals surface area contributed by atoms with Crippen molar-refractivity contribution >= 4 is 5.91 Å². The minimum absolute atomic E-state index is 0.0524. The van der Waals surface area contributed by atoms with E-state index in [-0.39, 0.29) is 17.9 Å². The topological polar surface area (TPSA) is 69.3 Å². The average Bonchev–Trinajstić information content (AvgIpc) is 2.94. The van der Waals surface area contributed by atoms with Crippen LogP contribution in [0.1, 0.15) is 26.5 Å². The maximum absolute atomic E-state index is 12.0. The lowest BCUT2D eigenvalue weighted by atomic mass is 10.1. The molecule has 1 rings (SSSR count). The molecule has 0 aliphatic heterocycles. The number of nitriles is 1. The molecule has 0 radical (unpaired) electrons. The van der Waals surface area contributed by atoms with E-state index >= 15 is 0 Å². The summed E-state index contributed by atoms with van der Waals surface area (Å²) in [5.41, 5.74) is 0. The molecule has 0 aliphatic carbocycles. The smallest absolute Gasteiger partial charge is 0.237 e. The van der Waals surface area contributed by atoms with Crippen LogP contribution in [0, 0.1) is 17.2 Å². The van der Waals surface area contributed by atoms with E-state index in [1.165, 1.54) is 0 Å². The summed E-state index contributed by atoms with van der Waals surface area (Å²) >= 11 is 0. The molecule has 1 heterocycles. The number of rotatable bonds is 7. The Morgan fingerprint density at radius 3 is 2.84 bits per heavy atom. The number of nitrogens with zero attached hydrogens (tertiary/aromatic N) is 2. The second-order valence-corrected chi connectivity index (χ2v) is 4.59. The lowest BCUT2D eigenvalue weighted by molar-refractivity contribution is -0.126. The minimum Gasteiger partial charge on any atom is -0.467 e. The number of furan rings is 1. The first-order valence-corrected chi connectivity index (χ1v) is 6.52. The number of amides is 1. The van der Waals surface area contributed by atoms with Crippen molar-refractivity contribution in [1.82, 2.24) is 10.2 Å². The molecule has 1 amide bonds. The monoisotopic (exact) mass is 263 g/mol. The van der Waals surface area contributed by atoms with Crippen LogP contribution in [0.3, 0.4) is 0 Å². The maximum atomic E-state index is 12.0. The fourth-order valence-corrected chi connectivity index (χ4v) is 1.85. The molecular weight excluding hydrogens is 242 g/mol. The third kappa shape index (κ3) is 4.76. The average molecular weight is 263 g/mol. The molecule has 0 saturated carbocycles. The molecule has 0 saturated heterocycles. The third-order valence-electron chi connectivity index (χ3n) is 3.08. The van der Waals surface area contributed by atoms with Crippen molar-refractivity contribution in [2.24, 2.45) is 5.92 Å². The summed E-state index contributed by atoms with van der Waals surface area (Å²) in [6, 6.07) is 5.54. The van der Waals surface area contributed by atoms with Crippen LogP contribution in [0.25, 0.3) is 0 Å². The van der Waals surface area contributed by atoms with Crippen LogP contribution in [-0.4, -0.2) is 29.9 Å². The maximum Gasteiger partial charge on any atom is 0.237 e. The van der Waals surface area contributed by atoms with E-state index in [1.54, 1.807) is 12.3 Å². The van der Waals surface area contributed by atoms with Crippen molar-refractivity contribution in [2.45, 2.75) is 33.4 Å². The molecule has 5 heteroatoms. The predicted molar refractivity (Wildman–Crippen MR) is 72.0 cm³/mol. The highest BCUT2D eigenvalue weighted by Crippen LogP contribution is 2.05. The molecule has 1 aromatic rings. The largest absolute Gasteiger partial charge is 0.467 e. The first-order chi connectivity index (χ1) is 9.08. The molecule has 5 nitrogen and oxygen atoms in total. The summed E-state index contributed by atoms with van der Waals surface area (Å²) in [4.78, 5) is 14.0. The fraction of sp³-hybridized carbons (Fsp3) is 0.571. The Balaban J connectivity index is 2.47. The van der Waals surface area contributed by atoms with Gasteiger partial charge in [0, 0.05) is 6.54 Å². The highest BCUT2D eigenvalue weighted by Gasteiger charge is 2.21. The quantitative estimate of drug-likeness (QED) is 0.814. The van der Waals surface area contributed by atoms with Gasteiger partial charge in [0.25, 0.3) is 0 Å². The predicted octanol–water partition coefficient (Wildman–Crippen LogP) is 1.77. The number of carbonyl (C=O) groups excluding carboxylic acids is 1. The van der Waals surface area contributed by atoms with E-state index in [1.807, 2.05) is 31.7 Å². The molecule has 19 heavy (non-hydrogen) atoms. The molecule has 0 fully saturated rings. The second kappa shape index (κ2) is 7.59. The van der Waals surface area contributed by atoms with E-state index in [4.69, 9.17) is 9.68 Å². The summed E-state index contributed by atoms with van der Waals surface area (Å²) in [5.74, 6) is 0.595. The Bertz CT molecular complexity index is 422. The van der Waals surface area contributed by atoms with E-state index in [0.29, 0.717) is 13.1 Å². The summed E-state index contributed by atoms with van der Waals surface area (Å²) in [6.07, 6.45) is 1.58. The van der Waals surface area contributed by atoms with Crippen LogP contribution in [0.2, 0.25) is 0 Å². The molecular formula is C14H21N3O2. The summed E-state index contributed by atoms with van der Waals surface area (Å²) < 4.78 is 5.16. The SMILES string of the molecule is CCN(CC(C)C#N)C(C)C(=O)NCc1ccco1. The van der Waals surface area contributed by atoms with Gasteiger partial charge in [-0.25, -0.2) is 0 Å². The van der Waals surface area contributed by atoms with Gasteiger partial charge in [0.15, 0.2) is 0 Å². The lowest BCUT2D eigenvalue weighted by Crippen LogP contribution is -2.46. The van der Waals surface area contributed by atoms with Gasteiger partial charge in [-0.1, -0.05) is 6.92 Å². The first-order valence-electron chi connectivity index (χ1n) is 6.52. The van der Waals surface area contributed by atoms with Gasteiger partial charge in [0.1, 0.15) is 5.76 Å². The molecule has 2 atom stereocenters. The van der Waals surface area contributed by atoms with Gasteiger partial charge in [-0.2, -0.15) is 5.26 Å². The number of hydrogen-bond acceptors (Lipinski definition) is 4. The molecule has 0 aliphatic rings. The van der Waals surface area contributed by atoms with Crippen LogP contribution >= 0.6 is 0 Å². The van der Waals surface area contributed by atoms with Crippen molar-refractivity contribution in [2.75, 3.05) is 13.1 Å². The van der Waals surface area contributed by atoms with Gasteiger partial charge in [-0.15, -0.1) is 0 Å². The van der Waals surface area contributed by atoms with Crippen LogP contribution in [0.5, 0.6) is 0 Å². The number of nitrogens with one attached hydrogen (secondary N) is 1. The van der Waals surface area contributed by atoms with Crippen LogP contribution in [0.4, 0.5) is 0 Å². The Kier molecular flexibility index (Phi) is 6.10. The Hall–Kier alpha value is -1.80. The van der Waals surface area contributed by atoms with Gasteiger partial charge >= 0.3 is 0 Å². The van der Waals surface area contributed by atoms with Gasteiger partial charge < -0.3 is 9.73 Å². The minimum atomic E-state index is -0.254. The highest BCUT2D eigenvalue weighted by molar-refractivity contribution is 5.81. The van der Waals surface area contributed by atoms with E-state index < -0.39 is 0 Å². The van der Waals surface area contributed by atoms with Crippen molar-refractivity contribution < 1.29 is 9.21 Å². The summed E-state index contributed by atoms with van der Waals surface area (Å²) in [5, 5.41) is 11.7. The standard InChI is InChI=1S/C14H21N3O2/c1-4-17(10-11(2)8-15)12(3)14(18)16-9-13-6-5-7-19-13/h5-7,11-12H,4,9-10H2,1-3H3,(H,16,18). The number of likely N-dealkylation sites (N-methyl/N-ethyl adjacent to an activating group) is 1. The number of carbonyl (C=O) groups is 1. The molecule has 2 unspecified atom stereocenters. The molecule has 0 spiro atoms. The van der Waals surface area contributed by atoms with Crippen molar-refractivity contribution in [3.8, 4) is 6.07 Å². The fourth-order valence-electron chi connectivity index (χ4n) is 1.85. The lowest BCUT2D eigenvalue weighted by Gasteiger charge is -2.27. The van der Waals surface area contributed by atoms with E-state index in [2.05, 4.69) is 11.4 Å². The normalized spacial score (nSPS) is 13.8. The zero-order valence-electron chi connectivity index (χ0n) is 11.7. The second-order valence-electron chi connectivity index (χ2n) is 4.59. The van der Waals surface area contributed by atoms with Crippen molar-refractivity contribution in [3.63, 3.8) is 0 Å². The molecule has 104 valence electrons. The van der Waals surface area contributed by atoms with Gasteiger partial charge in [0.2, 0.25) is 5.91 Å². The van der Waals surface area contributed by atoms with Crippen LogP contribution < -0.4 is 5.32 Å². The highest BCUT2D eigenvalue weighted by atomic mass is 16.3. The zero-order valence-corrected chi connectivity index (χ0v) is 11.7. The molecule has 0 aromatic carbocycles. The third-order valence-corrected chi connectivity index (χ3v) is 3.08.